The summed E-state index contributed by atoms with van der Waals surface area (Å²) in [5.74, 6) is -0.448. The average molecular weight is 251 g/mol. The van der Waals surface area contributed by atoms with Gasteiger partial charge in [-0.1, -0.05) is 11.6 Å². The number of hydrogen-bond acceptors (Lipinski definition) is 5. The minimum absolute atomic E-state index is 0.124. The number of aliphatic hydroxyl groups is 2. The highest BCUT2D eigenvalue weighted by Crippen LogP contribution is 2.20. The van der Waals surface area contributed by atoms with Crippen LogP contribution in [0.15, 0.2) is 11.4 Å². The van der Waals surface area contributed by atoms with Crippen molar-refractivity contribution in [2.24, 2.45) is 0 Å². The highest BCUT2D eigenvalue weighted by molar-refractivity contribution is 7.12. The maximum atomic E-state index is 11.3. The van der Waals surface area contributed by atoms with E-state index in [1.54, 1.807) is 11.4 Å². The van der Waals surface area contributed by atoms with Crippen molar-refractivity contribution >= 4 is 28.9 Å². The zero-order valence-corrected chi connectivity index (χ0v) is 9.59. The van der Waals surface area contributed by atoms with Crippen LogP contribution in [0.1, 0.15) is 15.2 Å². The van der Waals surface area contributed by atoms with Gasteiger partial charge in [-0.25, -0.2) is 4.79 Å². The van der Waals surface area contributed by atoms with Gasteiger partial charge in [0.25, 0.3) is 0 Å². The lowest BCUT2D eigenvalue weighted by Gasteiger charge is -2.11. The Kier molecular flexibility index (Phi) is 4.53. The van der Waals surface area contributed by atoms with Gasteiger partial charge < -0.3 is 14.9 Å². The summed E-state index contributed by atoms with van der Waals surface area (Å²) in [5.41, 5.74) is -0.713. The Balaban J connectivity index is 2.77. The molecule has 0 radical (unpaired) electrons. The van der Waals surface area contributed by atoms with Crippen LogP contribution in [-0.2, 0) is 11.2 Å². The number of carbonyl (C=O) groups excluding carboxylic acids is 1. The summed E-state index contributed by atoms with van der Waals surface area (Å²) < 4.78 is 4.57. The molecule has 4 nitrogen and oxygen atoms in total. The van der Waals surface area contributed by atoms with Crippen LogP contribution < -0.4 is 0 Å². The zero-order valence-electron chi connectivity index (χ0n) is 8.01. The molecule has 0 saturated heterocycles. The number of methoxy groups -OCH3 is 1. The first-order chi connectivity index (χ1) is 7.06. The van der Waals surface area contributed by atoms with Crippen LogP contribution in [0.5, 0.6) is 0 Å². The van der Waals surface area contributed by atoms with Gasteiger partial charge in [-0.15, -0.1) is 11.3 Å². The molecule has 1 aromatic rings. The van der Waals surface area contributed by atoms with Crippen molar-refractivity contribution in [3.63, 3.8) is 0 Å². The molecular formula is C9H11ClO4S. The van der Waals surface area contributed by atoms with Gasteiger partial charge in [0, 0.05) is 6.42 Å². The molecule has 2 N–H and O–H groups in total. The molecule has 0 aliphatic heterocycles. The first-order valence-corrected chi connectivity index (χ1v) is 5.52. The third kappa shape index (κ3) is 3.17. The van der Waals surface area contributed by atoms with Crippen LogP contribution in [-0.4, -0.2) is 35.0 Å². The van der Waals surface area contributed by atoms with Gasteiger partial charge in [0.2, 0.25) is 0 Å². The first-order valence-electron chi connectivity index (χ1n) is 4.21. The Morgan fingerprint density at radius 3 is 2.87 bits per heavy atom. The second-order valence-corrected chi connectivity index (χ2v) is 4.27. The fourth-order valence-electron chi connectivity index (χ4n) is 1.09. The predicted octanol–water partition coefficient (Wildman–Crippen LogP) is 0.995. The van der Waals surface area contributed by atoms with Gasteiger partial charge in [0.1, 0.15) is 4.88 Å². The number of aliphatic hydroxyl groups excluding tert-OH is 2. The SMILES string of the molecule is COC(=O)c1sccc1CC(O)C(O)Cl. The molecule has 2 atom stereocenters. The molecule has 0 aliphatic rings. The van der Waals surface area contributed by atoms with Gasteiger partial charge in [-0.3, -0.25) is 0 Å². The van der Waals surface area contributed by atoms with Gasteiger partial charge in [0.05, 0.1) is 13.2 Å². The molecule has 84 valence electrons. The van der Waals surface area contributed by atoms with Gasteiger partial charge in [-0.05, 0) is 17.0 Å². The molecule has 0 saturated carbocycles. The summed E-state index contributed by atoms with van der Waals surface area (Å²) in [6.07, 6.45) is -0.969. The van der Waals surface area contributed by atoms with Crippen LogP contribution >= 0.6 is 22.9 Å². The Hall–Kier alpha value is -0.620. The average Bonchev–Trinajstić information content (AvgIpc) is 2.64. The summed E-state index contributed by atoms with van der Waals surface area (Å²) >= 11 is 6.53. The molecule has 0 amide bonds. The monoisotopic (exact) mass is 250 g/mol. The second-order valence-electron chi connectivity index (χ2n) is 2.91. The van der Waals surface area contributed by atoms with Crippen LogP contribution in [0.25, 0.3) is 0 Å². The molecule has 0 bridgehead atoms. The summed E-state index contributed by atoms with van der Waals surface area (Å²) in [5, 5.41) is 20.0. The number of thiophene rings is 1. The Morgan fingerprint density at radius 1 is 1.67 bits per heavy atom. The normalized spacial score (nSPS) is 14.7. The van der Waals surface area contributed by atoms with E-state index >= 15 is 0 Å². The second kappa shape index (κ2) is 5.46. The van der Waals surface area contributed by atoms with E-state index in [1.807, 2.05) is 0 Å². The van der Waals surface area contributed by atoms with E-state index in [0.29, 0.717) is 10.4 Å². The molecule has 15 heavy (non-hydrogen) atoms. The van der Waals surface area contributed by atoms with Crippen LogP contribution in [0.2, 0.25) is 0 Å². The number of carbonyl (C=O) groups is 1. The third-order valence-corrected chi connectivity index (χ3v) is 3.09. The topological polar surface area (TPSA) is 66.8 Å². The van der Waals surface area contributed by atoms with Crippen LogP contribution in [0.4, 0.5) is 0 Å². The molecule has 0 aliphatic carbocycles. The minimum Gasteiger partial charge on any atom is -0.465 e. The molecular weight excluding hydrogens is 240 g/mol. The van der Waals surface area contributed by atoms with Gasteiger partial charge in [-0.2, -0.15) is 0 Å². The number of alkyl halides is 1. The van der Waals surface area contributed by atoms with Gasteiger partial charge in [0.15, 0.2) is 5.56 Å². The summed E-state index contributed by atoms with van der Waals surface area (Å²) in [4.78, 5) is 11.7. The van der Waals surface area contributed by atoms with Crippen molar-refractivity contribution < 1.29 is 19.7 Å². The number of rotatable bonds is 4. The number of ether oxygens (including phenoxy) is 1. The first kappa shape index (κ1) is 12.4. The number of esters is 1. The molecule has 2 unspecified atom stereocenters. The third-order valence-electron chi connectivity index (χ3n) is 1.86. The van der Waals surface area contributed by atoms with Crippen LogP contribution in [0, 0.1) is 0 Å². The Morgan fingerprint density at radius 2 is 2.33 bits per heavy atom. The van der Waals surface area contributed by atoms with Crippen LogP contribution in [0.3, 0.4) is 0 Å². The zero-order chi connectivity index (χ0) is 11.4. The summed E-state index contributed by atoms with van der Waals surface area (Å²) in [7, 11) is 1.29. The van der Waals surface area contributed by atoms with E-state index < -0.39 is 17.6 Å². The molecule has 6 heteroatoms. The lowest BCUT2D eigenvalue weighted by atomic mass is 10.1. The summed E-state index contributed by atoms with van der Waals surface area (Å²) in [6, 6.07) is 1.69. The van der Waals surface area contributed by atoms with E-state index in [1.165, 1.54) is 18.4 Å². The largest absolute Gasteiger partial charge is 0.465 e. The lowest BCUT2D eigenvalue weighted by Crippen LogP contribution is -2.23. The summed E-state index contributed by atoms with van der Waals surface area (Å²) in [6.45, 7) is 0. The van der Waals surface area contributed by atoms with Crippen molar-refractivity contribution in [1.82, 2.24) is 0 Å². The highest BCUT2D eigenvalue weighted by Gasteiger charge is 2.19. The minimum atomic E-state index is -1.34. The predicted molar refractivity (Wildman–Crippen MR) is 57.2 cm³/mol. The van der Waals surface area contributed by atoms with E-state index in [-0.39, 0.29) is 6.42 Å². The molecule has 1 aromatic heterocycles. The van der Waals surface area contributed by atoms with E-state index in [9.17, 15) is 9.90 Å². The molecule has 0 fully saturated rings. The highest BCUT2D eigenvalue weighted by atomic mass is 35.5. The van der Waals surface area contributed by atoms with Crippen molar-refractivity contribution in [1.29, 1.82) is 0 Å². The quantitative estimate of drug-likeness (QED) is 0.618. The van der Waals surface area contributed by atoms with E-state index in [4.69, 9.17) is 16.7 Å². The van der Waals surface area contributed by atoms with E-state index in [2.05, 4.69) is 4.74 Å². The fourth-order valence-corrected chi connectivity index (χ4v) is 2.03. The number of halogens is 1. The van der Waals surface area contributed by atoms with Gasteiger partial charge >= 0.3 is 5.97 Å². The standard InChI is InChI=1S/C9H11ClO4S/c1-14-9(13)7-5(2-3-15-7)4-6(11)8(10)12/h2-3,6,8,11-12H,4H2,1H3. The lowest BCUT2D eigenvalue weighted by molar-refractivity contribution is 0.0594. The van der Waals surface area contributed by atoms with E-state index in [0.717, 1.165) is 0 Å². The Labute approximate surface area is 96.1 Å². The maximum absolute atomic E-state index is 11.3. The maximum Gasteiger partial charge on any atom is 0.348 e. The molecule has 0 spiro atoms. The van der Waals surface area contributed by atoms with Crippen molar-refractivity contribution in [2.45, 2.75) is 18.1 Å². The van der Waals surface area contributed by atoms with Crippen molar-refractivity contribution in [3.05, 3.63) is 21.9 Å². The van der Waals surface area contributed by atoms with Crippen molar-refractivity contribution in [2.75, 3.05) is 7.11 Å². The molecule has 0 aromatic carbocycles. The smallest absolute Gasteiger partial charge is 0.348 e. The fraction of sp³-hybridized carbons (Fsp3) is 0.444. The van der Waals surface area contributed by atoms with Crippen molar-refractivity contribution in [3.8, 4) is 0 Å². The molecule has 1 rings (SSSR count). The number of hydrogen-bond donors (Lipinski definition) is 2. The Bertz CT molecular complexity index is 337. The molecule has 1 heterocycles.